The van der Waals surface area contributed by atoms with E-state index >= 15 is 0 Å². The van der Waals surface area contributed by atoms with Crippen molar-refractivity contribution in [3.05, 3.63) is 47.2 Å². The largest absolute Gasteiger partial charge is 0.481 e. The molecule has 0 aliphatic heterocycles. The van der Waals surface area contributed by atoms with E-state index in [1.165, 1.54) is 6.07 Å². The molecule has 0 fully saturated rings. The molecule has 0 spiro atoms. The number of benzene rings is 1. The number of nitrogens with one attached hydrogen (secondary N) is 1. The molecular weight excluding hydrogens is 270 g/mol. The first-order valence-corrected chi connectivity index (χ1v) is 6.37. The summed E-state index contributed by atoms with van der Waals surface area (Å²) in [5.74, 6) is -0.486. The number of anilines is 2. The van der Waals surface area contributed by atoms with Crippen molar-refractivity contribution in [2.24, 2.45) is 0 Å². The highest BCUT2D eigenvalue weighted by atomic mass is 16.5. The number of nitrogen functional groups attached to an aromatic ring is 1. The highest BCUT2D eigenvalue weighted by molar-refractivity contribution is 5.95. The number of rotatable bonds is 5. The standard InChI is InChI=1S/C15H17N3O3/c1-9-5-11(6-12(14(9)16)15(19)20)17-7-10-3-4-13(21-2)18-8-10/h3-6,8,17H,7,16H2,1-2H3,(H,19,20). The van der Waals surface area contributed by atoms with Gasteiger partial charge in [0, 0.05) is 30.2 Å². The monoisotopic (exact) mass is 287 g/mol. The lowest BCUT2D eigenvalue weighted by Crippen LogP contribution is -2.07. The Morgan fingerprint density at radius 2 is 2.19 bits per heavy atom. The third-order valence-corrected chi connectivity index (χ3v) is 3.12. The summed E-state index contributed by atoms with van der Waals surface area (Å²) in [5, 5.41) is 12.3. The fourth-order valence-electron chi connectivity index (χ4n) is 1.92. The maximum absolute atomic E-state index is 11.1. The number of methoxy groups -OCH3 is 1. The second kappa shape index (κ2) is 6.13. The van der Waals surface area contributed by atoms with E-state index in [0.717, 1.165) is 11.1 Å². The predicted molar refractivity (Wildman–Crippen MR) is 80.7 cm³/mol. The highest BCUT2D eigenvalue weighted by Gasteiger charge is 2.11. The van der Waals surface area contributed by atoms with Crippen molar-refractivity contribution in [3.63, 3.8) is 0 Å². The summed E-state index contributed by atoms with van der Waals surface area (Å²) in [6, 6.07) is 7.01. The predicted octanol–water partition coefficient (Wildman–Crippen LogP) is 2.29. The number of carbonyl (C=O) groups is 1. The number of aromatic carboxylic acids is 1. The van der Waals surface area contributed by atoms with Gasteiger partial charge in [-0.3, -0.25) is 0 Å². The van der Waals surface area contributed by atoms with Gasteiger partial charge in [0.1, 0.15) is 0 Å². The number of aromatic nitrogens is 1. The first-order chi connectivity index (χ1) is 10.0. The third-order valence-electron chi connectivity index (χ3n) is 3.12. The van der Waals surface area contributed by atoms with Gasteiger partial charge in [0.05, 0.1) is 12.7 Å². The van der Waals surface area contributed by atoms with Crippen LogP contribution in [-0.4, -0.2) is 23.2 Å². The smallest absolute Gasteiger partial charge is 0.337 e. The van der Waals surface area contributed by atoms with Gasteiger partial charge in [-0.1, -0.05) is 6.07 Å². The lowest BCUT2D eigenvalue weighted by atomic mass is 10.1. The fraction of sp³-hybridized carbons (Fsp3) is 0.200. The van der Waals surface area contributed by atoms with Crippen LogP contribution in [0.5, 0.6) is 5.88 Å². The van der Waals surface area contributed by atoms with Crippen LogP contribution in [0.1, 0.15) is 21.5 Å². The Labute approximate surface area is 122 Å². The van der Waals surface area contributed by atoms with Gasteiger partial charge >= 0.3 is 5.97 Å². The van der Waals surface area contributed by atoms with Gasteiger partial charge in [0.15, 0.2) is 0 Å². The van der Waals surface area contributed by atoms with Gasteiger partial charge in [-0.25, -0.2) is 9.78 Å². The lowest BCUT2D eigenvalue weighted by Gasteiger charge is -2.11. The summed E-state index contributed by atoms with van der Waals surface area (Å²) in [6.45, 7) is 2.31. The molecule has 0 radical (unpaired) electrons. The SMILES string of the molecule is COc1ccc(CNc2cc(C)c(N)c(C(=O)O)c2)cn1. The van der Waals surface area contributed by atoms with E-state index in [9.17, 15) is 4.79 Å². The molecule has 2 aromatic rings. The zero-order valence-corrected chi connectivity index (χ0v) is 11.9. The molecule has 6 nitrogen and oxygen atoms in total. The molecule has 0 atom stereocenters. The van der Waals surface area contributed by atoms with Crippen LogP contribution in [0.15, 0.2) is 30.5 Å². The maximum Gasteiger partial charge on any atom is 0.337 e. The normalized spacial score (nSPS) is 10.2. The molecule has 21 heavy (non-hydrogen) atoms. The summed E-state index contributed by atoms with van der Waals surface area (Å²) in [6.07, 6.45) is 1.70. The molecule has 4 N–H and O–H groups in total. The first-order valence-electron chi connectivity index (χ1n) is 6.37. The van der Waals surface area contributed by atoms with Crippen LogP contribution in [0.25, 0.3) is 0 Å². The van der Waals surface area contributed by atoms with Crippen molar-refractivity contribution in [2.45, 2.75) is 13.5 Å². The van der Waals surface area contributed by atoms with Gasteiger partial charge in [-0.2, -0.15) is 0 Å². The van der Waals surface area contributed by atoms with Crippen LogP contribution in [0.2, 0.25) is 0 Å². The van der Waals surface area contributed by atoms with Crippen molar-refractivity contribution < 1.29 is 14.6 Å². The average molecular weight is 287 g/mol. The Hall–Kier alpha value is -2.76. The Balaban J connectivity index is 2.14. The molecule has 1 aromatic heterocycles. The van der Waals surface area contributed by atoms with E-state index in [1.807, 2.05) is 12.1 Å². The summed E-state index contributed by atoms with van der Waals surface area (Å²) < 4.78 is 4.99. The third kappa shape index (κ3) is 3.42. The molecule has 110 valence electrons. The number of hydrogen-bond acceptors (Lipinski definition) is 5. The quantitative estimate of drug-likeness (QED) is 0.730. The molecule has 1 aromatic carbocycles. The number of nitrogens with zero attached hydrogens (tertiary/aromatic N) is 1. The van der Waals surface area contributed by atoms with Crippen LogP contribution in [0, 0.1) is 6.92 Å². The zero-order valence-electron chi connectivity index (χ0n) is 11.9. The highest BCUT2D eigenvalue weighted by Crippen LogP contribution is 2.23. The van der Waals surface area contributed by atoms with Crippen molar-refractivity contribution in [3.8, 4) is 5.88 Å². The second-order valence-corrected chi connectivity index (χ2v) is 4.62. The topological polar surface area (TPSA) is 97.5 Å². The molecule has 0 aliphatic rings. The number of aryl methyl sites for hydroxylation is 1. The molecule has 0 bridgehead atoms. The van der Waals surface area contributed by atoms with Crippen LogP contribution in [-0.2, 0) is 6.54 Å². The zero-order chi connectivity index (χ0) is 15.4. The number of nitrogens with two attached hydrogens (primary N) is 1. The van der Waals surface area contributed by atoms with Crippen molar-refractivity contribution in [2.75, 3.05) is 18.2 Å². The molecule has 0 amide bonds. The van der Waals surface area contributed by atoms with Crippen LogP contribution in [0.4, 0.5) is 11.4 Å². The summed E-state index contributed by atoms with van der Waals surface area (Å²) in [7, 11) is 1.56. The number of ether oxygens (including phenoxy) is 1. The van der Waals surface area contributed by atoms with Gasteiger partial charge in [0.25, 0.3) is 0 Å². The van der Waals surface area contributed by atoms with Gasteiger partial charge in [-0.15, -0.1) is 0 Å². The summed E-state index contributed by atoms with van der Waals surface area (Å²) >= 11 is 0. The number of hydrogen-bond donors (Lipinski definition) is 3. The minimum absolute atomic E-state index is 0.102. The molecule has 6 heteroatoms. The van der Waals surface area contributed by atoms with E-state index < -0.39 is 5.97 Å². The lowest BCUT2D eigenvalue weighted by molar-refractivity contribution is 0.0698. The van der Waals surface area contributed by atoms with Gasteiger partial charge in [0.2, 0.25) is 5.88 Å². The second-order valence-electron chi connectivity index (χ2n) is 4.62. The van der Waals surface area contributed by atoms with Crippen molar-refractivity contribution >= 4 is 17.3 Å². The van der Waals surface area contributed by atoms with Gasteiger partial charge < -0.3 is 20.9 Å². The van der Waals surface area contributed by atoms with Crippen LogP contribution in [0.3, 0.4) is 0 Å². The van der Waals surface area contributed by atoms with Crippen LogP contribution >= 0.6 is 0 Å². The van der Waals surface area contributed by atoms with E-state index in [2.05, 4.69) is 10.3 Å². The van der Waals surface area contributed by atoms with Crippen molar-refractivity contribution in [1.29, 1.82) is 0 Å². The molecule has 2 rings (SSSR count). The maximum atomic E-state index is 11.1. The molecule has 0 saturated heterocycles. The van der Waals surface area contributed by atoms with Gasteiger partial charge in [-0.05, 0) is 30.2 Å². The van der Waals surface area contributed by atoms with Crippen LogP contribution < -0.4 is 15.8 Å². The molecule has 1 heterocycles. The van der Waals surface area contributed by atoms with E-state index in [1.54, 1.807) is 26.3 Å². The van der Waals surface area contributed by atoms with E-state index in [-0.39, 0.29) is 5.56 Å². The molecular formula is C15H17N3O3. The first kappa shape index (κ1) is 14.6. The minimum Gasteiger partial charge on any atom is -0.481 e. The Morgan fingerprint density at radius 1 is 1.43 bits per heavy atom. The summed E-state index contributed by atoms with van der Waals surface area (Å²) in [5.41, 5.74) is 8.54. The average Bonchev–Trinajstić information content (AvgIpc) is 2.48. The molecule has 0 aliphatic carbocycles. The Kier molecular flexibility index (Phi) is 4.27. The number of carboxylic acids is 1. The minimum atomic E-state index is -1.04. The van der Waals surface area contributed by atoms with E-state index in [0.29, 0.717) is 23.8 Å². The number of pyridine rings is 1. The number of carboxylic acid groups (broad SMARTS) is 1. The summed E-state index contributed by atoms with van der Waals surface area (Å²) in [4.78, 5) is 15.2. The Morgan fingerprint density at radius 3 is 2.76 bits per heavy atom. The fourth-order valence-corrected chi connectivity index (χ4v) is 1.92. The van der Waals surface area contributed by atoms with Crippen molar-refractivity contribution in [1.82, 2.24) is 4.98 Å². The molecule has 0 unspecified atom stereocenters. The molecule has 0 saturated carbocycles. The Bertz CT molecular complexity index is 654. The van der Waals surface area contributed by atoms with E-state index in [4.69, 9.17) is 15.6 Å².